The van der Waals surface area contributed by atoms with Crippen LogP contribution in [0.25, 0.3) is 21.6 Å². The molecule has 0 spiro atoms. The van der Waals surface area contributed by atoms with Crippen molar-refractivity contribution < 1.29 is 79.9 Å². The first kappa shape index (κ1) is 94.8. The molecule has 18 heteroatoms. The van der Waals surface area contributed by atoms with Crippen LogP contribution in [0.1, 0.15) is 96.6 Å². The van der Waals surface area contributed by atoms with Gasteiger partial charge in [0.05, 0.1) is 19.3 Å². The number of pyridine rings is 11. The summed E-state index contributed by atoms with van der Waals surface area (Å²) in [6, 6.07) is 50.4. The van der Waals surface area contributed by atoms with Crippen molar-refractivity contribution in [2.45, 2.75) is 87.7 Å². The van der Waals surface area contributed by atoms with Gasteiger partial charge in [0, 0.05) is 154 Å². The molecule has 112 heavy (non-hydrogen) atoms. The van der Waals surface area contributed by atoms with E-state index in [1.54, 1.807) is 37.5 Å². The van der Waals surface area contributed by atoms with E-state index in [1.807, 2.05) is 226 Å². The molecule has 12 heterocycles. The summed E-state index contributed by atoms with van der Waals surface area (Å²) < 4.78 is 27.0. The number of aliphatic hydroxyl groups excluding tert-OH is 3. The van der Waals surface area contributed by atoms with Crippen LogP contribution in [-0.4, -0.2) is 47.7 Å². The maximum atomic E-state index is 10.7. The molecule has 0 aliphatic rings. The molecule has 0 unspecified atom stereocenters. The fraction of sp³-hybridized carbons (Fsp3) is 0.287. The molecule has 17 nitrogen and oxygen atoms in total. The van der Waals surface area contributed by atoms with Crippen LogP contribution in [0.15, 0.2) is 293 Å². The Bertz CT molecular complexity index is 4630. The number of aldehydes is 1. The van der Waals surface area contributed by atoms with E-state index in [-0.39, 0.29) is 25.6 Å². The number of Topliss-reactive ketones (excluding diaryl/α,β-unsaturated/α-hetero) is 1. The average Bonchev–Trinajstić information content (AvgIpc) is 1.11. The van der Waals surface area contributed by atoms with Crippen molar-refractivity contribution in [3.63, 3.8) is 0 Å². The van der Waals surface area contributed by atoms with Crippen molar-refractivity contribution >= 4 is 23.4 Å². The number of carbonyl (C=O) groups is 2. The van der Waals surface area contributed by atoms with E-state index >= 15 is 0 Å². The van der Waals surface area contributed by atoms with Crippen LogP contribution in [0.5, 0.6) is 5.75 Å². The quantitative estimate of drug-likeness (QED) is 0.0631. The van der Waals surface area contributed by atoms with Crippen LogP contribution in [-0.2, 0) is 103 Å². The molecular weight excluding hydrogens is 1410 g/mol. The van der Waals surface area contributed by atoms with Crippen molar-refractivity contribution in [1.29, 1.82) is 0 Å². The van der Waals surface area contributed by atoms with Crippen LogP contribution in [0, 0.1) is 41.5 Å². The summed E-state index contributed by atoms with van der Waals surface area (Å²) in [6.45, 7) is 17.1. The summed E-state index contributed by atoms with van der Waals surface area (Å²) in [5.41, 5.74) is 18.2. The predicted molar refractivity (Wildman–Crippen MR) is 444 cm³/mol. The number of rotatable bonds is 12. The number of ether oxygens (including phenoxy) is 1. The topological polar surface area (TPSA) is 147 Å². The van der Waals surface area contributed by atoms with Crippen molar-refractivity contribution in [1.82, 2.24) is 0 Å². The summed E-state index contributed by atoms with van der Waals surface area (Å²) in [5, 5.41) is 27.9. The van der Waals surface area contributed by atoms with Crippen LogP contribution in [0.4, 0.5) is 0 Å². The maximum absolute atomic E-state index is 10.7. The smallest absolute Gasteiger partial charge is 0.177 e. The number of hydrogen-bond donors (Lipinski definition) is 3. The molecule has 588 valence electrons. The Kier molecular flexibility index (Phi) is 45.9. The molecule has 1 aromatic carbocycles. The lowest BCUT2D eigenvalue weighted by atomic mass is 10.1. The van der Waals surface area contributed by atoms with Gasteiger partial charge in [0.15, 0.2) is 148 Å². The normalized spacial score (nSPS) is 9.71. The molecule has 0 aliphatic carbocycles. The molecule has 0 bridgehead atoms. The third-order valence-electron chi connectivity index (χ3n) is 16.7. The number of benzene rings is 1. The number of nitrogens with zero attached hydrogens (tertiary/aromatic N) is 11. The molecule has 0 saturated heterocycles. The Morgan fingerprint density at radius 3 is 1.23 bits per heavy atom. The minimum Gasteiger partial charge on any atom is -0.496 e. The summed E-state index contributed by atoms with van der Waals surface area (Å²) in [5.74, 6) is 1.01. The molecule has 12 aromatic heterocycles. The maximum Gasteiger partial charge on any atom is 0.177 e. The van der Waals surface area contributed by atoms with Gasteiger partial charge < -0.3 is 20.1 Å². The number of hydrogen-bond acceptors (Lipinski definition) is 7. The van der Waals surface area contributed by atoms with Gasteiger partial charge in [0.25, 0.3) is 0 Å². The first-order chi connectivity index (χ1) is 53.6. The van der Waals surface area contributed by atoms with Gasteiger partial charge in [0.1, 0.15) is 83.3 Å². The highest BCUT2D eigenvalue weighted by atomic mass is 32.1. The molecule has 13 rings (SSSR count). The molecule has 0 aliphatic heterocycles. The number of thiophene rings is 1. The SMILES string of the molecule is CC(=O)c1cc[n+](C)cc1.CCc1c[n+](C)ccc1C.COc1cc[n+](C)cc1.C[n+]1ccc(C=O)cc1.C[n+]1ccc(CCCO)cc1.C[n+]1ccc(CCO)cc1.C[n+]1ccc(CO)cc1.C[n+]1cccc(-c2cccs2)c1.Cc1cc(-c2ccccc2)c[n+](C)c1.Cc1cc(C)c[n+](C)c1.Cc1cc[n+](C)cc1C. The van der Waals surface area contributed by atoms with Gasteiger partial charge in [-0.15, -0.1) is 11.3 Å². The van der Waals surface area contributed by atoms with Gasteiger partial charge >= 0.3 is 0 Å². The zero-order chi connectivity index (χ0) is 82.8. The van der Waals surface area contributed by atoms with E-state index in [0.29, 0.717) is 5.56 Å². The Morgan fingerprint density at radius 2 is 0.821 bits per heavy atom. The van der Waals surface area contributed by atoms with E-state index in [9.17, 15) is 9.59 Å². The van der Waals surface area contributed by atoms with Crippen molar-refractivity contribution in [3.05, 3.63) is 360 Å². The lowest BCUT2D eigenvalue weighted by Crippen LogP contribution is -2.27. The van der Waals surface area contributed by atoms with Crippen molar-refractivity contribution in [2.75, 3.05) is 20.3 Å². The molecule has 0 radical (unpaired) electrons. The largest absolute Gasteiger partial charge is 0.496 e. The zero-order valence-electron chi connectivity index (χ0n) is 70.1. The van der Waals surface area contributed by atoms with E-state index in [2.05, 4.69) is 231 Å². The lowest BCUT2D eigenvalue weighted by molar-refractivity contribution is -0.672. The van der Waals surface area contributed by atoms with Gasteiger partial charge in [0.2, 0.25) is 0 Å². The zero-order valence-corrected chi connectivity index (χ0v) is 71.0. The molecule has 3 N–H and O–H groups in total. The molecule has 0 fully saturated rings. The molecule has 13 aromatic rings. The summed E-state index contributed by atoms with van der Waals surface area (Å²) in [6.07, 6.45) is 48.7. The second kappa shape index (κ2) is 54.2. The van der Waals surface area contributed by atoms with E-state index in [1.165, 1.54) is 71.6 Å². The number of aliphatic hydroxyl groups is 3. The van der Waals surface area contributed by atoms with Crippen LogP contribution in [0.2, 0.25) is 0 Å². The Hall–Kier alpha value is -11.4. The second-order valence-corrected chi connectivity index (χ2v) is 28.2. The van der Waals surface area contributed by atoms with Gasteiger partial charge in [-0.2, -0.15) is 0 Å². The van der Waals surface area contributed by atoms with Gasteiger partial charge in [-0.25, -0.2) is 50.2 Å². The molecule has 0 amide bonds. The summed E-state index contributed by atoms with van der Waals surface area (Å²) >= 11 is 1.77. The van der Waals surface area contributed by atoms with Crippen molar-refractivity contribution in [3.8, 4) is 27.3 Å². The Balaban J connectivity index is 0.000000320. The second-order valence-electron chi connectivity index (χ2n) is 27.3. The fourth-order valence-corrected chi connectivity index (χ4v) is 11.0. The third-order valence-corrected chi connectivity index (χ3v) is 17.6. The van der Waals surface area contributed by atoms with Crippen LogP contribution < -0.4 is 55.0 Å². The first-order valence-electron chi connectivity index (χ1n) is 37.4. The standard InChI is InChI=1S/C13H14N.C10H10NS.C9H14NO.C9H14N.C8H10NO.C8H12NO.2C8H12N.2C7H10NO.C7H8NO/c1-11-8-13(10-14(2)9-11)12-6-4-3-5-7-12;1-11-6-2-4-9(8-11)10-5-3-7-12-10;1-10-6-4-9(5-7-10)3-2-8-11;1-4-9-7-10(3)6-5-8(9)2;1-7(10)8-3-5-9(2)6-4-8;1-9-5-2-8(3-6-9)4-7-10;1-7-4-8(2)6-9(3)5-7;1-7-4-5-9(3)6-8(7)2;1-8-5-3-7(9-2)4-6-8;2*1-8-4-2-7(6-9)3-5-8/h3-10H,1-2H3;2-8H,1H3;4-7,11H,2-3,8H2,1H3;5-7H,4H2,1-3H3;3-6H,1-2H3;2-3,5-6,10H,4,7H2,1H3;2*4-6H,1-3H3;3-6H,1-2H3;2-5,9H,6H2,1H3;2-6H,1H3/q11*+1. The Morgan fingerprint density at radius 1 is 0.393 bits per heavy atom. The minimum atomic E-state index is 0.112. The lowest BCUT2D eigenvalue weighted by Gasteiger charge is -2.00. The van der Waals surface area contributed by atoms with E-state index in [0.717, 1.165) is 48.8 Å². The summed E-state index contributed by atoms with van der Waals surface area (Å²) in [4.78, 5) is 22.2. The molecular formula is C94H126N11O6S+11. The van der Waals surface area contributed by atoms with E-state index < -0.39 is 0 Å². The van der Waals surface area contributed by atoms with Crippen LogP contribution >= 0.6 is 11.3 Å². The minimum absolute atomic E-state index is 0.112. The summed E-state index contributed by atoms with van der Waals surface area (Å²) in [7, 11) is 23.6. The fourth-order valence-electron chi connectivity index (χ4n) is 10.3. The number of methoxy groups -OCH3 is 1. The molecule has 0 atom stereocenters. The van der Waals surface area contributed by atoms with E-state index in [4.69, 9.17) is 20.1 Å². The number of carbonyl (C=O) groups excluding carboxylic acids is 2. The van der Waals surface area contributed by atoms with Gasteiger partial charge in [-0.05, 0) is 137 Å². The van der Waals surface area contributed by atoms with Crippen LogP contribution in [0.3, 0.4) is 0 Å². The van der Waals surface area contributed by atoms with Gasteiger partial charge in [-0.3, -0.25) is 9.59 Å². The highest BCUT2D eigenvalue weighted by molar-refractivity contribution is 7.13. The third kappa shape index (κ3) is 41.4. The predicted octanol–water partition coefficient (Wildman–Crippen LogP) is 10.4. The average molecular weight is 1540 g/mol. The number of aromatic nitrogens is 11. The van der Waals surface area contributed by atoms with Gasteiger partial charge in [-0.1, -0.05) is 43.3 Å². The first-order valence-corrected chi connectivity index (χ1v) is 38.3. The number of aryl methyl sites for hydroxylation is 19. The molecule has 0 saturated carbocycles. The highest BCUT2D eigenvalue weighted by Gasteiger charge is 2.06. The monoisotopic (exact) mass is 1540 g/mol. The highest BCUT2D eigenvalue weighted by Crippen LogP contribution is 2.22. The van der Waals surface area contributed by atoms with Crippen molar-refractivity contribution in [2.24, 2.45) is 77.5 Å². The Labute approximate surface area is 672 Å². The number of ketones is 1.